The summed E-state index contributed by atoms with van der Waals surface area (Å²) in [4.78, 5) is 24.7. The Hall–Kier alpha value is -2.46. The lowest BCUT2D eigenvalue weighted by molar-refractivity contribution is 0.0976. The van der Waals surface area contributed by atoms with Crippen LogP contribution in [0.5, 0.6) is 5.75 Å². The lowest BCUT2D eigenvalue weighted by atomic mass is 9.82. The molecule has 0 aromatic heterocycles. The minimum Gasteiger partial charge on any atom is -0.507 e. The fraction of sp³-hybridized carbons (Fsp3) is 0.0667. The average molecular weight is 253 g/mol. The van der Waals surface area contributed by atoms with Crippen LogP contribution in [0, 0.1) is 0 Å². The molecule has 0 amide bonds. The second-order valence-corrected chi connectivity index (χ2v) is 4.40. The molecule has 0 radical (unpaired) electrons. The number of nitrogens with two attached hydrogens (primary N) is 1. The molecule has 94 valence electrons. The minimum absolute atomic E-state index is 0.0617. The summed E-state index contributed by atoms with van der Waals surface area (Å²) >= 11 is 0. The molecule has 0 atom stereocenters. The molecule has 0 fully saturated rings. The minimum atomic E-state index is -0.335. The molecule has 2 aromatic rings. The SMILES string of the molecule is NCc1ccc2c(c1O)C(=O)c1ccccc1C2=O. The fourth-order valence-corrected chi connectivity index (χ4v) is 2.38. The van der Waals surface area contributed by atoms with E-state index in [0.717, 1.165) is 0 Å². The maximum absolute atomic E-state index is 12.4. The predicted octanol–water partition coefficient (Wildman–Crippen LogP) is 1.63. The molecule has 2 aromatic carbocycles. The van der Waals surface area contributed by atoms with Crippen molar-refractivity contribution < 1.29 is 14.7 Å². The number of hydrogen-bond donors (Lipinski definition) is 2. The van der Waals surface area contributed by atoms with Crippen molar-refractivity contribution >= 4 is 11.6 Å². The number of hydrogen-bond acceptors (Lipinski definition) is 4. The van der Waals surface area contributed by atoms with Crippen molar-refractivity contribution in [3.05, 3.63) is 64.2 Å². The quantitative estimate of drug-likeness (QED) is 0.690. The van der Waals surface area contributed by atoms with E-state index in [1.807, 2.05) is 0 Å². The normalized spacial score (nSPS) is 13.1. The highest BCUT2D eigenvalue weighted by Gasteiger charge is 2.32. The first-order chi connectivity index (χ1) is 9.15. The van der Waals surface area contributed by atoms with Crippen LogP contribution in [0.15, 0.2) is 36.4 Å². The summed E-state index contributed by atoms with van der Waals surface area (Å²) in [6.07, 6.45) is 0. The molecule has 4 nitrogen and oxygen atoms in total. The predicted molar refractivity (Wildman–Crippen MR) is 69.3 cm³/mol. The van der Waals surface area contributed by atoms with Gasteiger partial charge in [0.05, 0.1) is 5.56 Å². The maximum Gasteiger partial charge on any atom is 0.198 e. The number of aromatic hydroxyl groups is 1. The van der Waals surface area contributed by atoms with Crippen LogP contribution in [-0.2, 0) is 6.54 Å². The lowest BCUT2D eigenvalue weighted by Gasteiger charge is -2.19. The van der Waals surface area contributed by atoms with E-state index in [1.54, 1.807) is 36.4 Å². The number of rotatable bonds is 1. The van der Waals surface area contributed by atoms with Crippen molar-refractivity contribution in [3.8, 4) is 5.75 Å². The molecule has 1 aliphatic carbocycles. The third kappa shape index (κ3) is 1.50. The Kier molecular flexibility index (Phi) is 2.47. The molecule has 0 unspecified atom stereocenters. The highest BCUT2D eigenvalue weighted by molar-refractivity contribution is 6.29. The summed E-state index contributed by atoms with van der Waals surface area (Å²) in [5.41, 5.74) is 6.95. The van der Waals surface area contributed by atoms with Crippen LogP contribution in [0.25, 0.3) is 0 Å². The highest BCUT2D eigenvalue weighted by atomic mass is 16.3. The van der Waals surface area contributed by atoms with Gasteiger partial charge in [-0.3, -0.25) is 9.59 Å². The van der Waals surface area contributed by atoms with Crippen LogP contribution in [0.1, 0.15) is 37.4 Å². The summed E-state index contributed by atoms with van der Waals surface area (Å²) in [5, 5.41) is 10.1. The van der Waals surface area contributed by atoms with Gasteiger partial charge in [-0.15, -0.1) is 0 Å². The Morgan fingerprint density at radius 3 is 2.16 bits per heavy atom. The van der Waals surface area contributed by atoms with E-state index in [1.165, 1.54) is 0 Å². The molecule has 0 heterocycles. The van der Waals surface area contributed by atoms with E-state index in [9.17, 15) is 14.7 Å². The van der Waals surface area contributed by atoms with Gasteiger partial charge in [-0.1, -0.05) is 30.3 Å². The van der Waals surface area contributed by atoms with Crippen LogP contribution in [-0.4, -0.2) is 16.7 Å². The summed E-state index contributed by atoms with van der Waals surface area (Å²) in [6.45, 7) is 0.113. The van der Waals surface area contributed by atoms with Crippen molar-refractivity contribution in [3.63, 3.8) is 0 Å². The molecule has 0 bridgehead atoms. The number of carbonyl (C=O) groups excluding carboxylic acids is 2. The summed E-state index contributed by atoms with van der Waals surface area (Å²) < 4.78 is 0. The number of phenols is 1. The van der Waals surface area contributed by atoms with Gasteiger partial charge in [-0.2, -0.15) is 0 Å². The molecular formula is C15H11NO3. The smallest absolute Gasteiger partial charge is 0.198 e. The standard InChI is InChI=1S/C15H11NO3/c16-7-8-5-6-11-12(13(8)17)15(19)10-4-2-1-3-9(10)14(11)18/h1-6,17H,7,16H2. The van der Waals surface area contributed by atoms with Crippen LogP contribution in [0.2, 0.25) is 0 Å². The Morgan fingerprint density at radius 2 is 1.53 bits per heavy atom. The number of carbonyl (C=O) groups is 2. The van der Waals surface area contributed by atoms with Gasteiger partial charge in [0.2, 0.25) is 0 Å². The third-order valence-corrected chi connectivity index (χ3v) is 3.37. The van der Waals surface area contributed by atoms with Crippen molar-refractivity contribution in [2.75, 3.05) is 0 Å². The third-order valence-electron chi connectivity index (χ3n) is 3.37. The zero-order valence-electron chi connectivity index (χ0n) is 10.0. The van der Waals surface area contributed by atoms with E-state index >= 15 is 0 Å². The van der Waals surface area contributed by atoms with Gasteiger partial charge in [0.25, 0.3) is 0 Å². The first kappa shape index (κ1) is 11.6. The Bertz CT molecular complexity index is 719. The zero-order valence-corrected chi connectivity index (χ0v) is 10.0. The molecule has 19 heavy (non-hydrogen) atoms. The van der Waals surface area contributed by atoms with Gasteiger partial charge in [0.15, 0.2) is 11.6 Å². The Labute approximate surface area is 109 Å². The Balaban J connectivity index is 2.33. The van der Waals surface area contributed by atoms with Crippen molar-refractivity contribution in [1.82, 2.24) is 0 Å². The van der Waals surface area contributed by atoms with Crippen LogP contribution in [0.3, 0.4) is 0 Å². The van der Waals surface area contributed by atoms with E-state index in [2.05, 4.69) is 0 Å². The second-order valence-electron chi connectivity index (χ2n) is 4.40. The number of phenolic OH excluding ortho intramolecular Hbond substituents is 1. The monoisotopic (exact) mass is 253 g/mol. The van der Waals surface area contributed by atoms with Gasteiger partial charge >= 0.3 is 0 Å². The number of ketones is 2. The van der Waals surface area contributed by atoms with Gasteiger partial charge < -0.3 is 10.8 Å². The van der Waals surface area contributed by atoms with Crippen LogP contribution < -0.4 is 5.73 Å². The van der Waals surface area contributed by atoms with E-state index in [4.69, 9.17) is 5.73 Å². The summed E-state index contributed by atoms with van der Waals surface area (Å²) in [7, 11) is 0. The van der Waals surface area contributed by atoms with Gasteiger partial charge in [0.1, 0.15) is 5.75 Å². The lowest BCUT2D eigenvalue weighted by Crippen LogP contribution is -2.21. The molecule has 0 aliphatic heterocycles. The molecule has 0 saturated carbocycles. The number of fused-ring (bicyclic) bond motifs is 2. The Morgan fingerprint density at radius 1 is 0.895 bits per heavy atom. The molecule has 0 spiro atoms. The second kappa shape index (κ2) is 4.03. The van der Waals surface area contributed by atoms with Gasteiger partial charge in [-0.25, -0.2) is 0 Å². The van der Waals surface area contributed by atoms with Crippen molar-refractivity contribution in [1.29, 1.82) is 0 Å². The summed E-state index contributed by atoms with van der Waals surface area (Å²) in [6, 6.07) is 9.74. The highest BCUT2D eigenvalue weighted by Crippen LogP contribution is 2.34. The van der Waals surface area contributed by atoms with Crippen molar-refractivity contribution in [2.45, 2.75) is 6.54 Å². The average Bonchev–Trinajstić information content (AvgIpc) is 2.44. The first-order valence-electron chi connectivity index (χ1n) is 5.88. The van der Waals surface area contributed by atoms with E-state index in [0.29, 0.717) is 16.7 Å². The molecule has 3 N–H and O–H groups in total. The molecule has 1 aliphatic rings. The van der Waals surface area contributed by atoms with Gasteiger partial charge in [0, 0.05) is 28.8 Å². The fourth-order valence-electron chi connectivity index (χ4n) is 2.38. The first-order valence-corrected chi connectivity index (χ1v) is 5.88. The molecular weight excluding hydrogens is 242 g/mol. The van der Waals surface area contributed by atoms with Crippen molar-refractivity contribution in [2.24, 2.45) is 5.73 Å². The molecule has 4 heteroatoms. The molecule has 0 saturated heterocycles. The topological polar surface area (TPSA) is 80.4 Å². The van der Waals surface area contributed by atoms with Gasteiger partial charge in [-0.05, 0) is 6.07 Å². The van der Waals surface area contributed by atoms with E-state index in [-0.39, 0.29) is 35.0 Å². The summed E-state index contributed by atoms with van der Waals surface area (Å²) in [5.74, 6) is -0.769. The van der Waals surface area contributed by atoms with E-state index < -0.39 is 0 Å². The maximum atomic E-state index is 12.4. The largest absolute Gasteiger partial charge is 0.507 e. The number of benzene rings is 2. The zero-order chi connectivity index (χ0) is 13.6. The van der Waals surface area contributed by atoms with Crippen LogP contribution in [0.4, 0.5) is 0 Å². The van der Waals surface area contributed by atoms with Crippen LogP contribution >= 0.6 is 0 Å². The molecule has 3 rings (SSSR count).